The monoisotopic (exact) mass is 795 g/mol. The van der Waals surface area contributed by atoms with Gasteiger partial charge >= 0.3 is 0 Å². The lowest BCUT2D eigenvalue weighted by Crippen LogP contribution is -2.62. The molecule has 9 aliphatic rings. The van der Waals surface area contributed by atoms with Gasteiger partial charge in [0.2, 0.25) is 0 Å². The number of alkyl halides is 1. The smallest absolute Gasteiger partial charge is 0.109 e. The van der Waals surface area contributed by atoms with Gasteiger partial charge in [-0.1, -0.05) is 135 Å². The van der Waals surface area contributed by atoms with E-state index in [0.717, 1.165) is 19.3 Å². The normalized spacial score (nSPS) is 46.6. The largest absolute Gasteiger partial charge is 0.286 e. The summed E-state index contributed by atoms with van der Waals surface area (Å²) in [5.74, 6) is 4.47. The van der Waals surface area contributed by atoms with E-state index < -0.39 is 6.17 Å². The molecule has 5 saturated heterocycles. The molecule has 18 unspecified atom stereocenters. The van der Waals surface area contributed by atoms with Crippen LogP contribution < -0.4 is 42.5 Å². The minimum atomic E-state index is -0.737. The maximum atomic E-state index is 17.3. The molecule has 9 fully saturated rings. The number of rotatable bonds is 15. The second-order valence-corrected chi connectivity index (χ2v) is 21.4. The molecule has 9 rings (SSSR count). The van der Waals surface area contributed by atoms with Gasteiger partial charge in [-0.05, 0) is 105 Å². The first kappa shape index (κ1) is 41.9. The van der Waals surface area contributed by atoms with Crippen LogP contribution in [0.4, 0.5) is 4.39 Å². The van der Waals surface area contributed by atoms with Crippen molar-refractivity contribution in [1.29, 1.82) is 0 Å². The Balaban J connectivity index is 0.844. The van der Waals surface area contributed by atoms with E-state index in [-0.39, 0.29) is 36.5 Å². The fourth-order valence-corrected chi connectivity index (χ4v) is 15.0. The van der Waals surface area contributed by atoms with Crippen LogP contribution in [0.1, 0.15) is 193 Å². The molecule has 0 spiro atoms. The van der Waals surface area contributed by atoms with E-state index in [4.69, 9.17) is 0 Å². The summed E-state index contributed by atoms with van der Waals surface area (Å²) in [5, 5.41) is 33.6. The van der Waals surface area contributed by atoms with Crippen molar-refractivity contribution in [2.75, 3.05) is 0 Å². The van der Waals surface area contributed by atoms with Crippen LogP contribution in [0.5, 0.6) is 0 Å². The van der Waals surface area contributed by atoms with Crippen LogP contribution in [0.3, 0.4) is 0 Å². The second-order valence-electron chi connectivity index (χ2n) is 21.4. The molecule has 57 heavy (non-hydrogen) atoms. The molecule has 0 aromatic rings. The molecule has 18 atom stereocenters. The third kappa shape index (κ3) is 9.51. The zero-order chi connectivity index (χ0) is 38.6. The van der Waals surface area contributed by atoms with Crippen molar-refractivity contribution >= 4 is 0 Å². The molecule has 0 radical (unpaired) electrons. The summed E-state index contributed by atoms with van der Waals surface area (Å²) in [5.41, 5.74) is 0. The van der Waals surface area contributed by atoms with Gasteiger partial charge in [-0.2, -0.15) is 0 Å². The molecule has 8 nitrogen and oxygen atoms in total. The maximum absolute atomic E-state index is 17.3. The molecule has 8 N–H and O–H groups in total. The highest BCUT2D eigenvalue weighted by atomic mass is 19.1. The Morgan fingerprint density at radius 1 is 0.333 bits per heavy atom. The molecule has 4 aliphatic carbocycles. The Hall–Kier alpha value is -0.390. The molecular formula is C48H87FN8. The molecular weight excluding hydrogens is 708 g/mol. The summed E-state index contributed by atoms with van der Waals surface area (Å²) >= 11 is 0. The van der Waals surface area contributed by atoms with Gasteiger partial charge in [0.25, 0.3) is 0 Å². The second kappa shape index (κ2) is 20.2. The number of fused-ring (bicyclic) bond motifs is 20. The van der Waals surface area contributed by atoms with Crippen LogP contribution in [0.25, 0.3) is 0 Å². The predicted molar refractivity (Wildman–Crippen MR) is 231 cm³/mol. The Bertz CT molecular complexity index is 1220. The summed E-state index contributed by atoms with van der Waals surface area (Å²) in [7, 11) is 0. The molecule has 0 amide bonds. The minimum absolute atomic E-state index is 0.00237. The van der Waals surface area contributed by atoms with E-state index in [1.54, 1.807) is 0 Å². The van der Waals surface area contributed by atoms with Gasteiger partial charge in [-0.25, -0.2) is 4.39 Å². The van der Waals surface area contributed by atoms with Crippen molar-refractivity contribution < 1.29 is 4.39 Å². The number of hydrogen-bond acceptors (Lipinski definition) is 8. The molecule has 8 bridgehead atoms. The van der Waals surface area contributed by atoms with Crippen LogP contribution >= 0.6 is 0 Å². The molecule has 0 aromatic carbocycles. The number of halogens is 1. The lowest BCUT2D eigenvalue weighted by Gasteiger charge is -2.40. The van der Waals surface area contributed by atoms with Gasteiger partial charge < -0.3 is 0 Å². The van der Waals surface area contributed by atoms with Crippen molar-refractivity contribution in [3.05, 3.63) is 0 Å². The van der Waals surface area contributed by atoms with Crippen LogP contribution in [-0.4, -0.2) is 55.5 Å². The summed E-state index contributed by atoms with van der Waals surface area (Å²) in [6.45, 7) is 2.30. The van der Waals surface area contributed by atoms with Gasteiger partial charge in [-0.3, -0.25) is 42.5 Å². The number of hydrogen-bond donors (Lipinski definition) is 8. The molecule has 4 saturated carbocycles. The van der Waals surface area contributed by atoms with Crippen LogP contribution in [0.15, 0.2) is 0 Å². The van der Waals surface area contributed by atoms with E-state index in [2.05, 4.69) is 49.5 Å². The van der Waals surface area contributed by atoms with Crippen molar-refractivity contribution in [1.82, 2.24) is 42.5 Å². The number of nitrogens with one attached hydrogen (secondary N) is 8. The summed E-state index contributed by atoms with van der Waals surface area (Å²) in [4.78, 5) is 0. The molecule has 326 valence electrons. The zero-order valence-electron chi connectivity index (χ0n) is 36.3. The molecule has 5 aliphatic heterocycles. The van der Waals surface area contributed by atoms with Crippen molar-refractivity contribution in [3.8, 4) is 0 Å². The third-order valence-corrected chi connectivity index (χ3v) is 18.0. The lowest BCUT2D eigenvalue weighted by molar-refractivity contribution is 0.0367. The highest BCUT2D eigenvalue weighted by Gasteiger charge is 2.56. The first-order chi connectivity index (χ1) is 28.2. The standard InChI is InChI=1S/C48H87FN8/c1-2-3-4-5-6-7-8-9-10-11-12-13-14-15-22-31-29-30-38-39(40(31)49)48-56-46-37-28-21-20-27-36(37)44(54-46)52-42-33-24-17-16-23-32(33)41(50-42)51-43-34-25-18-19-26-35(34)45(53-43)55-47(38)57-48/h31-48,50-57H,2-30H2,1H3. The first-order valence-corrected chi connectivity index (χ1v) is 25.9. The highest BCUT2D eigenvalue weighted by Crippen LogP contribution is 2.48. The highest BCUT2D eigenvalue weighted by molar-refractivity contribution is 5.09. The zero-order valence-corrected chi connectivity index (χ0v) is 36.3. The summed E-state index contributed by atoms with van der Waals surface area (Å²) in [6.07, 6.45) is 39.8. The van der Waals surface area contributed by atoms with Gasteiger partial charge in [-0.15, -0.1) is 0 Å². The van der Waals surface area contributed by atoms with Gasteiger partial charge in [0, 0.05) is 5.92 Å². The van der Waals surface area contributed by atoms with Gasteiger partial charge in [0.1, 0.15) is 6.17 Å². The van der Waals surface area contributed by atoms with Crippen molar-refractivity contribution in [2.45, 2.75) is 249 Å². The third-order valence-electron chi connectivity index (χ3n) is 18.0. The Kier molecular flexibility index (Phi) is 14.9. The average molecular weight is 795 g/mol. The fourth-order valence-electron chi connectivity index (χ4n) is 15.0. The van der Waals surface area contributed by atoms with E-state index in [9.17, 15) is 0 Å². The topological polar surface area (TPSA) is 96.2 Å². The van der Waals surface area contributed by atoms with Gasteiger partial charge in [0.15, 0.2) is 0 Å². The van der Waals surface area contributed by atoms with E-state index in [0.29, 0.717) is 66.1 Å². The quantitative estimate of drug-likeness (QED) is 0.0782. The average Bonchev–Trinajstić information content (AvgIpc) is 3.97. The van der Waals surface area contributed by atoms with E-state index in [1.807, 2.05) is 0 Å². The van der Waals surface area contributed by atoms with E-state index in [1.165, 1.54) is 167 Å². The van der Waals surface area contributed by atoms with Crippen LogP contribution in [-0.2, 0) is 0 Å². The Morgan fingerprint density at radius 3 is 0.982 bits per heavy atom. The summed E-state index contributed by atoms with van der Waals surface area (Å²) in [6, 6.07) is 0. The Morgan fingerprint density at radius 2 is 0.632 bits per heavy atom. The summed E-state index contributed by atoms with van der Waals surface area (Å²) < 4.78 is 17.3. The Labute approximate surface area is 347 Å². The van der Waals surface area contributed by atoms with Crippen LogP contribution in [0.2, 0.25) is 0 Å². The SMILES string of the molecule is CCCCCCCCCCCCCCCCC1CCC2C3NC4NC(NC5NC(NC6NC(NC(N3)C2C1F)C1CCCCC61)C1CCCCC51)C1CCCCC41. The lowest BCUT2D eigenvalue weighted by atomic mass is 9.70. The molecule has 5 heterocycles. The number of unbranched alkanes of at least 4 members (excludes halogenated alkanes) is 13. The van der Waals surface area contributed by atoms with Crippen LogP contribution in [0, 0.1) is 53.3 Å². The molecule has 9 heteroatoms. The first-order valence-electron chi connectivity index (χ1n) is 25.9. The predicted octanol–water partition coefficient (Wildman–Crippen LogP) is 8.65. The fraction of sp³-hybridized carbons (Fsp3) is 1.00. The maximum Gasteiger partial charge on any atom is 0.109 e. The molecule has 0 aromatic heterocycles. The van der Waals surface area contributed by atoms with Gasteiger partial charge in [0.05, 0.1) is 49.3 Å². The van der Waals surface area contributed by atoms with Crippen molar-refractivity contribution in [3.63, 3.8) is 0 Å². The van der Waals surface area contributed by atoms with Crippen molar-refractivity contribution in [2.24, 2.45) is 53.3 Å². The minimum Gasteiger partial charge on any atom is -0.286 e. The van der Waals surface area contributed by atoms with E-state index >= 15 is 4.39 Å².